The molecule has 0 heterocycles. The Kier molecular flexibility index (Phi) is 4.54. The second-order valence-electron chi connectivity index (χ2n) is 4.10. The molecule has 21 heavy (non-hydrogen) atoms. The second-order valence-corrected chi connectivity index (χ2v) is 5.02. The Bertz CT molecular complexity index is 686. The average Bonchev–Trinajstić information content (AvgIpc) is 2.47. The summed E-state index contributed by atoms with van der Waals surface area (Å²) in [5.74, 6) is 0.0805. The molecular formula is C14H11BrN2O4. The molecule has 0 saturated carbocycles. The van der Waals surface area contributed by atoms with Crippen molar-refractivity contribution < 1.29 is 14.5 Å². The van der Waals surface area contributed by atoms with Crippen LogP contribution < -0.4 is 10.1 Å². The molecule has 0 aliphatic carbocycles. The minimum Gasteiger partial charge on any atom is -0.496 e. The van der Waals surface area contributed by atoms with Crippen LogP contribution in [-0.2, 0) is 0 Å². The van der Waals surface area contributed by atoms with Crippen LogP contribution in [0.1, 0.15) is 10.4 Å². The maximum atomic E-state index is 12.2. The molecule has 0 bridgehead atoms. The molecule has 7 heteroatoms. The number of halogens is 1. The van der Waals surface area contributed by atoms with Gasteiger partial charge < -0.3 is 10.1 Å². The summed E-state index contributed by atoms with van der Waals surface area (Å²) in [6.07, 6.45) is 0. The van der Waals surface area contributed by atoms with Gasteiger partial charge in [0, 0.05) is 22.3 Å². The number of nitrogens with one attached hydrogen (secondary N) is 1. The fourth-order valence-electron chi connectivity index (χ4n) is 1.72. The molecule has 0 aliphatic rings. The molecule has 0 aromatic heterocycles. The number of benzene rings is 2. The van der Waals surface area contributed by atoms with Crippen LogP contribution >= 0.6 is 15.9 Å². The van der Waals surface area contributed by atoms with Crippen molar-refractivity contribution in [2.75, 3.05) is 12.4 Å². The van der Waals surface area contributed by atoms with Crippen molar-refractivity contribution in [1.29, 1.82) is 0 Å². The summed E-state index contributed by atoms with van der Waals surface area (Å²) in [6.45, 7) is 0. The van der Waals surface area contributed by atoms with Crippen molar-refractivity contribution >= 4 is 33.2 Å². The van der Waals surface area contributed by atoms with Crippen LogP contribution in [0.3, 0.4) is 0 Å². The smallest absolute Gasteiger partial charge is 0.269 e. The highest BCUT2D eigenvalue weighted by atomic mass is 79.9. The lowest BCUT2D eigenvalue weighted by atomic mass is 10.2. The fourth-order valence-corrected chi connectivity index (χ4v) is 2.06. The number of anilines is 1. The summed E-state index contributed by atoms with van der Waals surface area (Å²) in [5.41, 5.74) is 0.809. The predicted molar refractivity (Wildman–Crippen MR) is 81.7 cm³/mol. The summed E-state index contributed by atoms with van der Waals surface area (Å²) in [6, 6.07) is 10.6. The number of hydrogen-bond donors (Lipinski definition) is 1. The van der Waals surface area contributed by atoms with E-state index in [1.54, 1.807) is 18.2 Å². The van der Waals surface area contributed by atoms with E-state index in [2.05, 4.69) is 21.2 Å². The zero-order chi connectivity index (χ0) is 15.4. The Morgan fingerprint density at radius 3 is 2.48 bits per heavy atom. The molecule has 1 amide bonds. The maximum Gasteiger partial charge on any atom is 0.269 e. The number of hydrogen-bond acceptors (Lipinski definition) is 4. The zero-order valence-corrected chi connectivity index (χ0v) is 12.6. The van der Waals surface area contributed by atoms with Crippen LogP contribution in [0.25, 0.3) is 0 Å². The summed E-state index contributed by atoms with van der Waals surface area (Å²) in [4.78, 5) is 22.3. The van der Waals surface area contributed by atoms with Crippen molar-refractivity contribution in [3.63, 3.8) is 0 Å². The maximum absolute atomic E-state index is 12.2. The van der Waals surface area contributed by atoms with Gasteiger partial charge in [-0.25, -0.2) is 0 Å². The van der Waals surface area contributed by atoms with E-state index in [0.29, 0.717) is 17.0 Å². The van der Waals surface area contributed by atoms with Gasteiger partial charge in [-0.05, 0) is 30.3 Å². The van der Waals surface area contributed by atoms with Gasteiger partial charge in [0.2, 0.25) is 0 Å². The molecule has 108 valence electrons. The number of non-ortho nitro benzene ring substituents is 1. The van der Waals surface area contributed by atoms with E-state index < -0.39 is 4.92 Å². The lowest BCUT2D eigenvalue weighted by Crippen LogP contribution is -2.13. The van der Waals surface area contributed by atoms with Gasteiger partial charge in [-0.15, -0.1) is 0 Å². The number of carbonyl (C=O) groups excluding carboxylic acids is 1. The minimum absolute atomic E-state index is 0.0331. The predicted octanol–water partition coefficient (Wildman–Crippen LogP) is 3.62. The number of rotatable bonds is 4. The first-order valence-electron chi connectivity index (χ1n) is 5.90. The van der Waals surface area contributed by atoms with E-state index in [-0.39, 0.29) is 11.6 Å². The Labute approximate surface area is 129 Å². The Morgan fingerprint density at radius 2 is 1.90 bits per heavy atom. The van der Waals surface area contributed by atoms with Crippen molar-refractivity contribution in [3.05, 3.63) is 62.6 Å². The molecule has 1 N–H and O–H groups in total. The Morgan fingerprint density at radius 1 is 1.24 bits per heavy atom. The molecule has 2 aromatic carbocycles. The number of nitro groups is 1. The van der Waals surface area contributed by atoms with Gasteiger partial charge in [-0.2, -0.15) is 0 Å². The molecule has 6 nitrogen and oxygen atoms in total. The standard InChI is InChI=1S/C14H11BrN2O4/c1-21-13-8-9(15)2-7-12(13)14(18)16-10-3-5-11(6-4-10)17(19)20/h2-8H,1H3,(H,16,18). The van der Waals surface area contributed by atoms with E-state index in [1.165, 1.54) is 31.4 Å². The zero-order valence-electron chi connectivity index (χ0n) is 11.0. The number of nitro benzene ring substituents is 1. The molecule has 0 atom stereocenters. The van der Waals surface area contributed by atoms with Crippen molar-refractivity contribution in [3.8, 4) is 5.75 Å². The summed E-state index contributed by atoms with van der Waals surface area (Å²) in [7, 11) is 1.48. The minimum atomic E-state index is -0.497. The highest BCUT2D eigenvalue weighted by molar-refractivity contribution is 9.10. The Hall–Kier alpha value is -2.41. The van der Waals surface area contributed by atoms with Gasteiger partial charge in [0.05, 0.1) is 17.6 Å². The summed E-state index contributed by atoms with van der Waals surface area (Å²) >= 11 is 3.30. The summed E-state index contributed by atoms with van der Waals surface area (Å²) in [5, 5.41) is 13.2. The normalized spacial score (nSPS) is 10.0. The summed E-state index contributed by atoms with van der Waals surface area (Å²) < 4.78 is 5.95. The first kappa shape index (κ1) is 15.0. The number of amides is 1. The molecule has 0 spiro atoms. The third-order valence-corrected chi connectivity index (χ3v) is 3.24. The van der Waals surface area contributed by atoms with E-state index >= 15 is 0 Å². The molecule has 0 saturated heterocycles. The molecule has 0 fully saturated rings. The molecule has 0 radical (unpaired) electrons. The fraction of sp³-hybridized carbons (Fsp3) is 0.0714. The van der Waals surface area contributed by atoms with Crippen LogP contribution in [0.2, 0.25) is 0 Å². The quantitative estimate of drug-likeness (QED) is 0.674. The van der Waals surface area contributed by atoms with Crippen LogP contribution in [0.5, 0.6) is 5.75 Å². The van der Waals surface area contributed by atoms with E-state index in [1.807, 2.05) is 0 Å². The highest BCUT2D eigenvalue weighted by Gasteiger charge is 2.13. The third-order valence-electron chi connectivity index (χ3n) is 2.74. The van der Waals surface area contributed by atoms with Crippen LogP contribution in [0, 0.1) is 10.1 Å². The largest absolute Gasteiger partial charge is 0.496 e. The van der Waals surface area contributed by atoms with Gasteiger partial charge in [-0.1, -0.05) is 15.9 Å². The lowest BCUT2D eigenvalue weighted by molar-refractivity contribution is -0.384. The monoisotopic (exact) mass is 350 g/mol. The highest BCUT2D eigenvalue weighted by Crippen LogP contribution is 2.24. The number of ether oxygens (including phenoxy) is 1. The van der Waals surface area contributed by atoms with Gasteiger partial charge >= 0.3 is 0 Å². The van der Waals surface area contributed by atoms with Gasteiger partial charge in [-0.3, -0.25) is 14.9 Å². The van der Waals surface area contributed by atoms with Gasteiger partial charge in [0.15, 0.2) is 0 Å². The average molecular weight is 351 g/mol. The number of nitrogens with zero attached hydrogens (tertiary/aromatic N) is 1. The molecule has 2 rings (SSSR count). The van der Waals surface area contributed by atoms with Crippen LogP contribution in [-0.4, -0.2) is 17.9 Å². The van der Waals surface area contributed by atoms with Gasteiger partial charge in [0.25, 0.3) is 11.6 Å². The number of methoxy groups -OCH3 is 1. The SMILES string of the molecule is COc1cc(Br)ccc1C(=O)Nc1ccc([N+](=O)[O-])cc1. The first-order chi connectivity index (χ1) is 10.0. The lowest BCUT2D eigenvalue weighted by Gasteiger charge is -2.09. The Balaban J connectivity index is 2.19. The first-order valence-corrected chi connectivity index (χ1v) is 6.70. The van der Waals surface area contributed by atoms with Crippen molar-refractivity contribution in [1.82, 2.24) is 0 Å². The van der Waals surface area contributed by atoms with E-state index in [9.17, 15) is 14.9 Å². The van der Waals surface area contributed by atoms with Gasteiger partial charge in [0.1, 0.15) is 5.75 Å². The van der Waals surface area contributed by atoms with E-state index in [0.717, 1.165) is 4.47 Å². The third kappa shape index (κ3) is 3.57. The molecular weight excluding hydrogens is 340 g/mol. The molecule has 0 unspecified atom stereocenters. The number of carbonyl (C=O) groups is 1. The second kappa shape index (κ2) is 6.36. The van der Waals surface area contributed by atoms with Crippen LogP contribution in [0.4, 0.5) is 11.4 Å². The molecule has 2 aromatic rings. The molecule has 0 aliphatic heterocycles. The van der Waals surface area contributed by atoms with Crippen LogP contribution in [0.15, 0.2) is 46.9 Å². The van der Waals surface area contributed by atoms with E-state index in [4.69, 9.17) is 4.74 Å². The van der Waals surface area contributed by atoms with Crippen molar-refractivity contribution in [2.24, 2.45) is 0 Å². The van der Waals surface area contributed by atoms with Crippen molar-refractivity contribution in [2.45, 2.75) is 0 Å². The topological polar surface area (TPSA) is 81.5 Å².